The summed E-state index contributed by atoms with van der Waals surface area (Å²) in [6.07, 6.45) is 16.5. The Hall–Kier alpha value is 0.817. The van der Waals surface area contributed by atoms with Crippen molar-refractivity contribution in [3.8, 4) is 0 Å². The average Bonchev–Trinajstić information content (AvgIpc) is 3.04. The van der Waals surface area contributed by atoms with Crippen molar-refractivity contribution in [2.75, 3.05) is 6.61 Å². The molecule has 0 N–H and O–H groups in total. The van der Waals surface area contributed by atoms with Crippen LogP contribution in [-0.4, -0.2) is 21.8 Å². The number of allylic oxidation sites excluding steroid dienone is 8. The summed E-state index contributed by atoms with van der Waals surface area (Å²) >= 11 is -2.87. The van der Waals surface area contributed by atoms with Gasteiger partial charge in [0.2, 0.25) is 0 Å². The van der Waals surface area contributed by atoms with Crippen LogP contribution >= 0.6 is 24.8 Å². The molecule has 0 radical (unpaired) electrons. The number of hydrogen-bond donors (Lipinski definition) is 0. The molecule has 0 aromatic rings. The minimum absolute atomic E-state index is 0. The van der Waals surface area contributed by atoms with Crippen LogP contribution in [0.4, 0.5) is 0 Å². The van der Waals surface area contributed by atoms with E-state index in [0.29, 0.717) is 0 Å². The molecule has 0 saturated heterocycles. The maximum absolute atomic E-state index is 6.02. The van der Waals surface area contributed by atoms with Crippen molar-refractivity contribution in [2.24, 2.45) is 0 Å². The topological polar surface area (TPSA) is 9.23 Å². The van der Waals surface area contributed by atoms with E-state index >= 15 is 0 Å². The van der Waals surface area contributed by atoms with Crippen LogP contribution in [0.2, 0.25) is 28.9 Å². The van der Waals surface area contributed by atoms with Gasteiger partial charge in [-0.1, -0.05) is 0 Å². The number of rotatable bonds is 7. The van der Waals surface area contributed by atoms with Gasteiger partial charge in [0.05, 0.1) is 0 Å². The Morgan fingerprint density at radius 3 is 2.33 bits per heavy atom. The van der Waals surface area contributed by atoms with Crippen LogP contribution in [0.5, 0.6) is 0 Å². The minimum Gasteiger partial charge on any atom is -0.147 e. The fourth-order valence-electron chi connectivity index (χ4n) is 3.50. The second kappa shape index (κ2) is 9.15. The van der Waals surface area contributed by atoms with Gasteiger partial charge in [-0.25, -0.2) is 0 Å². The monoisotopic (exact) mass is 482 g/mol. The first-order chi connectivity index (χ1) is 10.1. The number of hydrogen-bond acceptors (Lipinski definition) is 1. The maximum atomic E-state index is 6.02. The summed E-state index contributed by atoms with van der Waals surface area (Å²) in [6, 6.07) is 0. The molecule has 0 bridgehead atoms. The van der Waals surface area contributed by atoms with E-state index in [2.05, 4.69) is 66.2 Å². The molecular formula is C18H34Cl2OSi2Zr. The van der Waals surface area contributed by atoms with E-state index in [9.17, 15) is 0 Å². The van der Waals surface area contributed by atoms with Gasteiger partial charge in [0.25, 0.3) is 0 Å². The van der Waals surface area contributed by atoms with Crippen LogP contribution < -0.4 is 0 Å². The SMILES string of the molecule is C[Si](C)(C)OCCCC1=[C]([Zr]([CH3])([CH3])(=[SiH2])[C]2=CC=CC2)CC=C1.Cl.Cl. The van der Waals surface area contributed by atoms with Crippen molar-refractivity contribution in [1.82, 2.24) is 0 Å². The van der Waals surface area contributed by atoms with Crippen LogP contribution in [0.25, 0.3) is 0 Å². The van der Waals surface area contributed by atoms with Crippen LogP contribution in [0.1, 0.15) is 25.7 Å². The summed E-state index contributed by atoms with van der Waals surface area (Å²) in [5.41, 5.74) is 1.64. The Labute approximate surface area is 164 Å². The van der Waals surface area contributed by atoms with Crippen molar-refractivity contribution in [3.63, 3.8) is 0 Å². The smallest absolute Gasteiger partial charge is 0.147 e. The molecule has 2 rings (SSSR count). The fraction of sp³-hybridized carbons (Fsp3) is 0.556. The quantitative estimate of drug-likeness (QED) is 0.325. The summed E-state index contributed by atoms with van der Waals surface area (Å²) in [5, 5.41) is 0. The molecule has 6 heteroatoms. The number of halogens is 2. The van der Waals surface area contributed by atoms with Crippen molar-refractivity contribution < 1.29 is 21.8 Å². The summed E-state index contributed by atoms with van der Waals surface area (Å²) in [7, 11) is -1.36. The van der Waals surface area contributed by atoms with Crippen molar-refractivity contribution in [2.45, 2.75) is 54.6 Å². The Kier molecular flexibility index (Phi) is 9.46. The molecule has 1 nitrogen and oxygen atoms in total. The molecule has 0 heterocycles. The van der Waals surface area contributed by atoms with Gasteiger partial charge in [0, 0.05) is 0 Å². The summed E-state index contributed by atoms with van der Waals surface area (Å²) in [4.78, 5) is 0. The molecule has 2 aliphatic rings. The first-order valence-corrected chi connectivity index (χ1v) is 25.3. The molecule has 0 aliphatic heterocycles. The Bertz CT molecular complexity index is 634. The normalized spacial score (nSPS) is 17.7. The van der Waals surface area contributed by atoms with Crippen LogP contribution in [0, 0.1) is 0 Å². The molecule has 2 aliphatic carbocycles. The van der Waals surface area contributed by atoms with Gasteiger partial charge in [0.1, 0.15) is 0 Å². The molecular weight excluding hydrogens is 450 g/mol. The summed E-state index contributed by atoms with van der Waals surface area (Å²) < 4.78 is 14.9. The predicted molar refractivity (Wildman–Crippen MR) is 116 cm³/mol. The van der Waals surface area contributed by atoms with Crippen molar-refractivity contribution >= 4 is 40.0 Å². The van der Waals surface area contributed by atoms with Crippen LogP contribution in [-0.2, 0) is 21.8 Å². The largest absolute Gasteiger partial charge is 0.147 e. The van der Waals surface area contributed by atoms with E-state index in [1.165, 1.54) is 25.7 Å². The molecule has 24 heavy (non-hydrogen) atoms. The van der Waals surface area contributed by atoms with Crippen molar-refractivity contribution in [3.05, 3.63) is 42.5 Å². The molecule has 0 aromatic carbocycles. The first kappa shape index (κ1) is 24.8. The molecule has 0 spiro atoms. The van der Waals surface area contributed by atoms with E-state index in [1.807, 2.05) is 3.28 Å². The van der Waals surface area contributed by atoms with E-state index in [1.54, 1.807) is 8.85 Å². The Balaban J connectivity index is 0.00000264. The van der Waals surface area contributed by atoms with Gasteiger partial charge in [-0.15, -0.1) is 24.8 Å². The molecule has 138 valence electrons. The van der Waals surface area contributed by atoms with E-state index < -0.39 is 25.7 Å². The van der Waals surface area contributed by atoms with Gasteiger partial charge in [0.15, 0.2) is 0 Å². The van der Waals surface area contributed by atoms with Crippen LogP contribution in [0.15, 0.2) is 42.5 Å². The van der Waals surface area contributed by atoms with E-state index in [0.717, 1.165) is 6.61 Å². The second-order valence-corrected chi connectivity index (χ2v) is 42.0. The average molecular weight is 485 g/mol. The Morgan fingerprint density at radius 2 is 1.79 bits per heavy atom. The van der Waals surface area contributed by atoms with Crippen LogP contribution in [0.3, 0.4) is 0 Å². The molecule has 0 amide bonds. The molecule has 0 saturated carbocycles. The third-order valence-corrected chi connectivity index (χ3v) is 23.2. The van der Waals surface area contributed by atoms with E-state index in [-0.39, 0.29) is 24.8 Å². The summed E-state index contributed by atoms with van der Waals surface area (Å²) in [5.74, 6) is 0. The fourth-order valence-corrected chi connectivity index (χ4v) is 17.4. The molecule has 0 fully saturated rings. The van der Waals surface area contributed by atoms with Crippen molar-refractivity contribution in [1.29, 1.82) is 0 Å². The predicted octanol–water partition coefficient (Wildman–Crippen LogP) is 5.85. The maximum Gasteiger partial charge on any atom is -0.147 e. The van der Waals surface area contributed by atoms with E-state index in [4.69, 9.17) is 4.43 Å². The minimum atomic E-state index is -2.87. The molecule has 0 unspecified atom stereocenters. The van der Waals surface area contributed by atoms with Gasteiger partial charge < -0.3 is 0 Å². The molecule has 0 atom stereocenters. The summed E-state index contributed by atoms with van der Waals surface area (Å²) in [6.45, 7) is 10.1. The third-order valence-electron chi connectivity index (χ3n) is 4.92. The third kappa shape index (κ3) is 6.21. The van der Waals surface area contributed by atoms with Gasteiger partial charge in [-0.05, 0) is 0 Å². The molecule has 0 aromatic heterocycles. The van der Waals surface area contributed by atoms with Gasteiger partial charge in [-0.2, -0.15) is 0 Å². The van der Waals surface area contributed by atoms with Gasteiger partial charge >= 0.3 is 141 Å². The zero-order valence-electron chi connectivity index (χ0n) is 15.9. The first-order valence-electron chi connectivity index (χ1n) is 8.55. The second-order valence-electron chi connectivity index (χ2n) is 8.68. The zero-order chi connectivity index (χ0) is 16.5. The Morgan fingerprint density at radius 1 is 1.12 bits per heavy atom. The zero-order valence-corrected chi connectivity index (χ0v) is 22.4. The standard InChI is InChI=1S/C11H19OSi.C5H5.2CH3.2ClH.H2Si.Zr/c1-13(2,3)12-10-6-9-11-7-4-5-8-11;1-2-4-5-3-1;;;;;;/h4,7H,5-6,9-10H2,1-3H3;1-3H,4H2;2*1H3;2*1H;1H2;. The van der Waals surface area contributed by atoms with Gasteiger partial charge in [-0.3, -0.25) is 0 Å².